The normalized spacial score (nSPS) is 16.4. The fourth-order valence-corrected chi connectivity index (χ4v) is 2.23. The summed E-state index contributed by atoms with van der Waals surface area (Å²) in [4.78, 5) is 11.8. The number of aryl methyl sites for hydroxylation is 1. The Morgan fingerprint density at radius 2 is 1.85 bits per heavy atom. The van der Waals surface area contributed by atoms with Gasteiger partial charge < -0.3 is 9.15 Å². The molecule has 0 radical (unpaired) electrons. The summed E-state index contributed by atoms with van der Waals surface area (Å²) in [5.41, 5.74) is 2.52. The lowest BCUT2D eigenvalue weighted by Crippen LogP contribution is -1.96. The second-order valence-electron chi connectivity index (χ2n) is 4.51. The van der Waals surface area contributed by atoms with Gasteiger partial charge in [-0.05, 0) is 47.1 Å². The lowest BCUT2D eigenvalue weighted by atomic mass is 10.1. The SMILES string of the molecule is Cc1ccc(C2=C/C(=C\c3ccc(Br)o3)C(=O)O2)cc1. The van der Waals surface area contributed by atoms with Crippen molar-refractivity contribution in [3.63, 3.8) is 0 Å². The van der Waals surface area contributed by atoms with Crippen LogP contribution in [0.1, 0.15) is 16.9 Å². The van der Waals surface area contributed by atoms with Gasteiger partial charge in [0.15, 0.2) is 4.67 Å². The number of ether oxygens (including phenoxy) is 1. The maximum absolute atomic E-state index is 11.8. The molecule has 1 aliphatic rings. The van der Waals surface area contributed by atoms with Crippen molar-refractivity contribution in [3.05, 3.63) is 69.6 Å². The first-order chi connectivity index (χ1) is 9.61. The van der Waals surface area contributed by atoms with Gasteiger partial charge >= 0.3 is 5.97 Å². The first-order valence-electron chi connectivity index (χ1n) is 6.10. The quantitative estimate of drug-likeness (QED) is 0.607. The van der Waals surface area contributed by atoms with Crippen LogP contribution >= 0.6 is 15.9 Å². The third-order valence-electron chi connectivity index (χ3n) is 2.95. The molecule has 1 aliphatic heterocycles. The van der Waals surface area contributed by atoms with Crippen molar-refractivity contribution in [2.45, 2.75) is 6.92 Å². The Morgan fingerprint density at radius 3 is 2.50 bits per heavy atom. The summed E-state index contributed by atoms with van der Waals surface area (Å²) in [6.07, 6.45) is 3.39. The zero-order valence-corrected chi connectivity index (χ0v) is 12.3. The van der Waals surface area contributed by atoms with E-state index in [0.717, 1.165) is 11.1 Å². The van der Waals surface area contributed by atoms with E-state index in [1.807, 2.05) is 31.2 Å². The fraction of sp³-hybridized carbons (Fsp3) is 0.0625. The van der Waals surface area contributed by atoms with Crippen molar-refractivity contribution in [2.75, 3.05) is 0 Å². The minimum Gasteiger partial charge on any atom is -0.450 e. The van der Waals surface area contributed by atoms with Crippen LogP contribution in [0.25, 0.3) is 11.8 Å². The van der Waals surface area contributed by atoms with Crippen LogP contribution in [-0.4, -0.2) is 5.97 Å². The smallest absolute Gasteiger partial charge is 0.343 e. The third kappa shape index (κ3) is 2.60. The van der Waals surface area contributed by atoms with Gasteiger partial charge in [0.2, 0.25) is 0 Å². The van der Waals surface area contributed by atoms with Gasteiger partial charge in [0.1, 0.15) is 11.5 Å². The number of carbonyl (C=O) groups is 1. The maximum atomic E-state index is 11.8. The molecule has 100 valence electrons. The van der Waals surface area contributed by atoms with Crippen LogP contribution in [-0.2, 0) is 9.53 Å². The second-order valence-corrected chi connectivity index (χ2v) is 5.29. The summed E-state index contributed by atoms with van der Waals surface area (Å²) in [5.74, 6) is 0.796. The molecule has 20 heavy (non-hydrogen) atoms. The molecule has 0 spiro atoms. The number of hydrogen-bond donors (Lipinski definition) is 0. The van der Waals surface area contributed by atoms with Crippen LogP contribution < -0.4 is 0 Å². The van der Waals surface area contributed by atoms with E-state index in [1.165, 1.54) is 0 Å². The van der Waals surface area contributed by atoms with Gasteiger partial charge in [-0.25, -0.2) is 4.79 Å². The van der Waals surface area contributed by atoms with Crippen molar-refractivity contribution in [1.29, 1.82) is 0 Å². The van der Waals surface area contributed by atoms with Gasteiger partial charge in [0, 0.05) is 5.56 Å². The predicted octanol–water partition coefficient (Wildman–Crippen LogP) is 4.33. The average Bonchev–Trinajstić information content (AvgIpc) is 2.98. The molecule has 0 atom stereocenters. The maximum Gasteiger partial charge on any atom is 0.343 e. The highest BCUT2D eigenvalue weighted by molar-refractivity contribution is 9.10. The molecule has 1 aromatic heterocycles. The summed E-state index contributed by atoms with van der Waals surface area (Å²) in [6, 6.07) is 11.4. The molecule has 0 amide bonds. The molecule has 4 heteroatoms. The zero-order valence-electron chi connectivity index (χ0n) is 10.7. The largest absolute Gasteiger partial charge is 0.450 e. The fourth-order valence-electron chi connectivity index (χ4n) is 1.91. The molecular formula is C16H11BrO3. The van der Waals surface area contributed by atoms with Crippen LogP contribution in [0.4, 0.5) is 0 Å². The van der Waals surface area contributed by atoms with E-state index < -0.39 is 0 Å². The first kappa shape index (κ1) is 12.9. The molecule has 1 aromatic carbocycles. The number of furan rings is 1. The number of hydrogen-bond acceptors (Lipinski definition) is 3. The van der Waals surface area contributed by atoms with Crippen LogP contribution in [0.15, 0.2) is 57.1 Å². The standard InChI is InChI=1S/C16H11BrO3/c1-10-2-4-11(5-3-10)14-9-12(16(18)20-14)8-13-6-7-15(17)19-13/h2-9H,1H3/b12-8+. The Hall–Kier alpha value is -2.07. The van der Waals surface area contributed by atoms with Crippen LogP contribution in [0.3, 0.4) is 0 Å². The average molecular weight is 331 g/mol. The molecule has 0 bridgehead atoms. The number of halogens is 1. The number of carbonyl (C=O) groups excluding carboxylic acids is 1. The monoisotopic (exact) mass is 330 g/mol. The summed E-state index contributed by atoms with van der Waals surface area (Å²) >= 11 is 3.22. The molecule has 3 rings (SSSR count). The number of rotatable bonds is 2. The lowest BCUT2D eigenvalue weighted by molar-refractivity contribution is -0.130. The highest BCUT2D eigenvalue weighted by Gasteiger charge is 2.22. The summed E-state index contributed by atoms with van der Waals surface area (Å²) in [6.45, 7) is 2.01. The van der Waals surface area contributed by atoms with Gasteiger partial charge in [-0.1, -0.05) is 29.8 Å². The number of cyclic esters (lactones) is 1. The first-order valence-corrected chi connectivity index (χ1v) is 6.89. The Bertz CT molecular complexity index is 720. The van der Waals surface area contributed by atoms with Crippen molar-refractivity contribution >= 4 is 33.7 Å². The molecule has 3 nitrogen and oxygen atoms in total. The van der Waals surface area contributed by atoms with E-state index in [-0.39, 0.29) is 5.97 Å². The molecular weight excluding hydrogens is 320 g/mol. The Labute approximate surface area is 124 Å². The minimum atomic E-state index is -0.368. The number of benzene rings is 1. The molecule has 0 unspecified atom stereocenters. The molecule has 0 saturated heterocycles. The van der Waals surface area contributed by atoms with Gasteiger partial charge in [-0.3, -0.25) is 0 Å². The van der Waals surface area contributed by atoms with Gasteiger partial charge in [-0.15, -0.1) is 0 Å². The molecule has 2 aromatic rings. The van der Waals surface area contributed by atoms with E-state index in [0.29, 0.717) is 21.8 Å². The lowest BCUT2D eigenvalue weighted by Gasteiger charge is -2.01. The topological polar surface area (TPSA) is 39.4 Å². The predicted molar refractivity (Wildman–Crippen MR) is 79.6 cm³/mol. The molecule has 0 aliphatic carbocycles. The van der Waals surface area contributed by atoms with Crippen molar-refractivity contribution < 1.29 is 13.9 Å². The molecule has 0 saturated carbocycles. The second kappa shape index (κ2) is 5.13. The van der Waals surface area contributed by atoms with Gasteiger partial charge in [0.25, 0.3) is 0 Å². The summed E-state index contributed by atoms with van der Waals surface area (Å²) in [5, 5.41) is 0. The highest BCUT2D eigenvalue weighted by atomic mass is 79.9. The Kier molecular flexibility index (Phi) is 3.32. The zero-order chi connectivity index (χ0) is 14.1. The summed E-state index contributed by atoms with van der Waals surface area (Å²) in [7, 11) is 0. The van der Waals surface area contributed by atoms with E-state index >= 15 is 0 Å². The molecule has 2 heterocycles. The van der Waals surface area contributed by atoms with Crippen LogP contribution in [0.2, 0.25) is 0 Å². The van der Waals surface area contributed by atoms with E-state index in [9.17, 15) is 4.79 Å². The van der Waals surface area contributed by atoms with Crippen LogP contribution in [0.5, 0.6) is 0 Å². The van der Waals surface area contributed by atoms with E-state index in [1.54, 1.807) is 24.3 Å². The summed E-state index contributed by atoms with van der Waals surface area (Å²) < 4.78 is 11.3. The minimum absolute atomic E-state index is 0.368. The van der Waals surface area contributed by atoms with E-state index in [4.69, 9.17) is 9.15 Å². The highest BCUT2D eigenvalue weighted by Crippen LogP contribution is 2.28. The van der Waals surface area contributed by atoms with Crippen molar-refractivity contribution in [2.24, 2.45) is 0 Å². The van der Waals surface area contributed by atoms with Crippen molar-refractivity contribution in [3.8, 4) is 0 Å². The molecule has 0 fully saturated rings. The van der Waals surface area contributed by atoms with E-state index in [2.05, 4.69) is 15.9 Å². The van der Waals surface area contributed by atoms with Crippen LogP contribution in [0, 0.1) is 6.92 Å². The number of esters is 1. The molecule has 0 N–H and O–H groups in total. The van der Waals surface area contributed by atoms with Crippen molar-refractivity contribution in [1.82, 2.24) is 0 Å². The Balaban J connectivity index is 1.92. The third-order valence-corrected chi connectivity index (χ3v) is 3.38. The van der Waals surface area contributed by atoms with Gasteiger partial charge in [-0.2, -0.15) is 0 Å². The van der Waals surface area contributed by atoms with Gasteiger partial charge in [0.05, 0.1) is 5.57 Å². The Morgan fingerprint density at radius 1 is 1.10 bits per heavy atom.